The number of hydrogen-bond donors (Lipinski definition) is 2. The number of rotatable bonds is 5. The molecule has 0 spiro atoms. The maximum atomic E-state index is 11.9. The number of unbranched alkanes of at least 4 members (excludes halogenated alkanes) is 1. The fraction of sp³-hybridized carbons (Fsp3) is 0.909. The van der Waals surface area contributed by atoms with E-state index in [1.807, 2.05) is 6.92 Å². The maximum Gasteiger partial charge on any atom is 0.329 e. The molecule has 0 atom stereocenters. The van der Waals surface area contributed by atoms with Gasteiger partial charge in [-0.15, -0.1) is 0 Å². The molecule has 2 N–H and O–H groups in total. The molecule has 18 heavy (non-hydrogen) atoms. The maximum absolute atomic E-state index is 11.9. The molecule has 7 heteroatoms. The second-order valence-electron chi connectivity index (χ2n) is 4.53. The first-order chi connectivity index (χ1) is 8.56. The van der Waals surface area contributed by atoms with Gasteiger partial charge in [0.15, 0.2) is 0 Å². The number of carbonyl (C=O) groups excluding carboxylic acids is 1. The van der Waals surface area contributed by atoms with E-state index in [4.69, 9.17) is 0 Å². The van der Waals surface area contributed by atoms with Crippen LogP contribution in [-0.2, 0) is 10.2 Å². The molecule has 0 bridgehead atoms. The van der Waals surface area contributed by atoms with E-state index in [2.05, 4.69) is 10.0 Å². The molecule has 1 heterocycles. The minimum atomic E-state index is -3.67. The van der Waals surface area contributed by atoms with Gasteiger partial charge in [0.05, 0.1) is 0 Å². The monoisotopic (exact) mass is 277 g/mol. The molecule has 1 saturated heterocycles. The van der Waals surface area contributed by atoms with Crippen LogP contribution in [0, 0.1) is 0 Å². The molecule has 0 radical (unpaired) electrons. The minimum absolute atomic E-state index is 0.498. The molecule has 6 nitrogen and oxygen atoms in total. The smallest absolute Gasteiger partial charge is 0.329 e. The van der Waals surface area contributed by atoms with Gasteiger partial charge in [0.25, 0.3) is 0 Å². The number of nitrogens with one attached hydrogen (secondary N) is 2. The largest absolute Gasteiger partial charge is 0.337 e. The van der Waals surface area contributed by atoms with Gasteiger partial charge in [-0.2, -0.15) is 12.7 Å². The summed E-state index contributed by atoms with van der Waals surface area (Å²) in [5, 5.41) is 2.54. The summed E-state index contributed by atoms with van der Waals surface area (Å²) in [6, 6.07) is -0.632. The van der Waals surface area contributed by atoms with Crippen LogP contribution in [0.3, 0.4) is 0 Å². The average molecular weight is 277 g/mol. The van der Waals surface area contributed by atoms with Gasteiger partial charge in [0.2, 0.25) is 0 Å². The van der Waals surface area contributed by atoms with Gasteiger partial charge in [-0.25, -0.2) is 9.52 Å². The zero-order valence-corrected chi connectivity index (χ0v) is 11.8. The summed E-state index contributed by atoms with van der Waals surface area (Å²) in [4.78, 5) is 11.4. The number of hydrogen-bond acceptors (Lipinski definition) is 3. The van der Waals surface area contributed by atoms with Crippen LogP contribution >= 0.6 is 0 Å². The Morgan fingerprint density at radius 3 is 2.33 bits per heavy atom. The van der Waals surface area contributed by atoms with Gasteiger partial charge >= 0.3 is 16.2 Å². The van der Waals surface area contributed by atoms with Crippen LogP contribution in [0.5, 0.6) is 0 Å². The lowest BCUT2D eigenvalue weighted by Gasteiger charge is -2.20. The summed E-state index contributed by atoms with van der Waals surface area (Å²) < 4.78 is 27.3. The molecule has 0 aromatic heterocycles. The van der Waals surface area contributed by atoms with Crippen LogP contribution in [0.15, 0.2) is 0 Å². The molecule has 0 aliphatic carbocycles. The molecule has 0 aromatic carbocycles. The van der Waals surface area contributed by atoms with Gasteiger partial charge in [0.1, 0.15) is 0 Å². The molecule has 0 saturated carbocycles. The van der Waals surface area contributed by atoms with Gasteiger partial charge in [-0.3, -0.25) is 0 Å². The summed E-state index contributed by atoms with van der Waals surface area (Å²) in [6.07, 6.45) is 5.62. The van der Waals surface area contributed by atoms with Crippen molar-refractivity contribution in [3.63, 3.8) is 0 Å². The van der Waals surface area contributed by atoms with Crippen molar-refractivity contribution in [2.75, 3.05) is 19.6 Å². The summed E-state index contributed by atoms with van der Waals surface area (Å²) >= 11 is 0. The van der Waals surface area contributed by atoms with E-state index in [1.54, 1.807) is 0 Å². The van der Waals surface area contributed by atoms with Gasteiger partial charge < -0.3 is 5.32 Å². The Labute approximate surface area is 109 Å². The lowest BCUT2D eigenvalue weighted by atomic mass is 10.2. The normalized spacial score (nSPS) is 18.1. The molecule has 0 unspecified atom stereocenters. The molecule has 0 aromatic rings. The Hall–Kier alpha value is -0.820. The highest BCUT2D eigenvalue weighted by Gasteiger charge is 2.24. The molecule has 1 aliphatic rings. The molecule has 106 valence electrons. The van der Waals surface area contributed by atoms with Crippen LogP contribution in [0.2, 0.25) is 0 Å². The standard InChI is InChI=1S/C11H23N3O3S/c1-2-3-8-12-11(15)13-18(16,17)14-9-6-4-5-7-10-14/h2-10H2,1H3,(H2,12,13,15). The molecular formula is C11H23N3O3S. The molecule has 2 amide bonds. The number of nitrogens with zero attached hydrogens (tertiary/aromatic N) is 1. The lowest BCUT2D eigenvalue weighted by molar-refractivity contribution is 0.245. The van der Waals surface area contributed by atoms with Crippen molar-refractivity contribution in [2.45, 2.75) is 45.4 Å². The highest BCUT2D eigenvalue weighted by molar-refractivity contribution is 7.87. The highest BCUT2D eigenvalue weighted by atomic mass is 32.2. The topological polar surface area (TPSA) is 78.5 Å². The van der Waals surface area contributed by atoms with E-state index in [1.165, 1.54) is 4.31 Å². The van der Waals surface area contributed by atoms with E-state index in [0.29, 0.717) is 19.6 Å². The van der Waals surface area contributed by atoms with Crippen LogP contribution in [0.25, 0.3) is 0 Å². The summed E-state index contributed by atoms with van der Waals surface area (Å²) in [5.41, 5.74) is 0. The van der Waals surface area contributed by atoms with Crippen LogP contribution < -0.4 is 10.0 Å². The van der Waals surface area contributed by atoms with Gasteiger partial charge in [-0.05, 0) is 19.3 Å². The van der Waals surface area contributed by atoms with Crippen LogP contribution in [0.1, 0.15) is 45.4 Å². The Kier molecular flexibility index (Phi) is 6.42. The third-order valence-corrected chi connectivity index (χ3v) is 4.43. The zero-order chi connectivity index (χ0) is 13.4. The summed E-state index contributed by atoms with van der Waals surface area (Å²) in [6.45, 7) is 3.50. The first-order valence-corrected chi connectivity index (χ1v) is 8.06. The molecule has 1 aliphatic heterocycles. The Bertz CT molecular complexity index is 349. The zero-order valence-electron chi connectivity index (χ0n) is 10.9. The van der Waals surface area contributed by atoms with E-state index in [9.17, 15) is 13.2 Å². The predicted octanol–water partition coefficient (Wildman–Crippen LogP) is 1.21. The average Bonchev–Trinajstić information content (AvgIpc) is 2.57. The third-order valence-electron chi connectivity index (χ3n) is 2.94. The van der Waals surface area contributed by atoms with Crippen molar-refractivity contribution < 1.29 is 13.2 Å². The summed E-state index contributed by atoms with van der Waals surface area (Å²) in [7, 11) is -3.67. The Morgan fingerprint density at radius 1 is 1.17 bits per heavy atom. The van der Waals surface area contributed by atoms with E-state index >= 15 is 0 Å². The van der Waals surface area contributed by atoms with Crippen molar-refractivity contribution in [1.82, 2.24) is 14.3 Å². The lowest BCUT2D eigenvalue weighted by Crippen LogP contribution is -2.47. The first-order valence-electron chi connectivity index (χ1n) is 6.62. The second kappa shape index (κ2) is 7.58. The number of amides is 2. The van der Waals surface area contributed by atoms with Crippen molar-refractivity contribution in [1.29, 1.82) is 0 Å². The van der Waals surface area contributed by atoms with Crippen molar-refractivity contribution >= 4 is 16.2 Å². The SMILES string of the molecule is CCCCNC(=O)NS(=O)(=O)N1CCCCCC1. The number of carbonyl (C=O) groups is 1. The first kappa shape index (κ1) is 15.2. The van der Waals surface area contributed by atoms with Crippen molar-refractivity contribution in [3.05, 3.63) is 0 Å². The predicted molar refractivity (Wildman–Crippen MR) is 70.4 cm³/mol. The highest BCUT2D eigenvalue weighted by Crippen LogP contribution is 2.12. The van der Waals surface area contributed by atoms with Crippen LogP contribution in [0.4, 0.5) is 4.79 Å². The second-order valence-corrected chi connectivity index (χ2v) is 6.20. The Morgan fingerprint density at radius 2 is 1.78 bits per heavy atom. The fourth-order valence-electron chi connectivity index (χ4n) is 1.88. The third kappa shape index (κ3) is 5.22. The van der Waals surface area contributed by atoms with Crippen molar-refractivity contribution in [2.24, 2.45) is 0 Å². The molecule has 1 rings (SSSR count). The summed E-state index contributed by atoms with van der Waals surface area (Å²) in [5.74, 6) is 0. The van der Waals surface area contributed by atoms with Gasteiger partial charge in [-0.1, -0.05) is 26.2 Å². The van der Waals surface area contributed by atoms with E-state index in [0.717, 1.165) is 38.5 Å². The van der Waals surface area contributed by atoms with Crippen molar-refractivity contribution in [3.8, 4) is 0 Å². The Balaban J connectivity index is 2.44. The minimum Gasteiger partial charge on any atom is -0.337 e. The number of urea groups is 1. The molecule has 1 fully saturated rings. The molecular weight excluding hydrogens is 254 g/mol. The van der Waals surface area contributed by atoms with Crippen LogP contribution in [-0.4, -0.2) is 38.4 Å². The van der Waals surface area contributed by atoms with Gasteiger partial charge in [0, 0.05) is 19.6 Å². The van der Waals surface area contributed by atoms with E-state index < -0.39 is 16.2 Å². The van der Waals surface area contributed by atoms with E-state index in [-0.39, 0.29) is 0 Å². The fourth-order valence-corrected chi connectivity index (χ4v) is 3.05. The quantitative estimate of drug-likeness (QED) is 0.741.